The molecule has 1 amide bonds. The van der Waals surface area contributed by atoms with Crippen LogP contribution in [0.4, 0.5) is 9.18 Å². The summed E-state index contributed by atoms with van der Waals surface area (Å²) in [5.41, 5.74) is 1.93. The summed E-state index contributed by atoms with van der Waals surface area (Å²) in [4.78, 5) is 12.0. The number of aryl methyl sites for hydroxylation is 1. The minimum Gasteiger partial charge on any atom is -0.469 e. The molecule has 0 unspecified atom stereocenters. The molecule has 1 aliphatic rings. The highest BCUT2D eigenvalue weighted by Gasteiger charge is 2.19. The van der Waals surface area contributed by atoms with Crippen LogP contribution >= 0.6 is 0 Å². The number of hydrogen-bond donors (Lipinski definition) is 1. The van der Waals surface area contributed by atoms with Gasteiger partial charge in [0.25, 0.3) is 5.88 Å². The van der Waals surface area contributed by atoms with Crippen LogP contribution in [0.3, 0.4) is 0 Å². The second kappa shape index (κ2) is 8.91. The molecule has 0 saturated carbocycles. The fourth-order valence-corrected chi connectivity index (χ4v) is 3.00. The third-order valence-corrected chi connectivity index (χ3v) is 4.62. The van der Waals surface area contributed by atoms with Crippen molar-refractivity contribution in [2.45, 2.75) is 25.5 Å². The van der Waals surface area contributed by atoms with Gasteiger partial charge < -0.3 is 24.1 Å². The van der Waals surface area contributed by atoms with Crippen LogP contribution in [-0.2, 0) is 18.4 Å². The Morgan fingerprint density at radius 1 is 1.30 bits per heavy atom. The van der Waals surface area contributed by atoms with Crippen molar-refractivity contribution in [3.63, 3.8) is 0 Å². The van der Waals surface area contributed by atoms with Crippen LogP contribution in [0.5, 0.6) is 11.8 Å². The van der Waals surface area contributed by atoms with E-state index >= 15 is 0 Å². The fraction of sp³-hybridized carbons (Fsp3) is 0.368. The van der Waals surface area contributed by atoms with Crippen LogP contribution < -0.4 is 14.8 Å². The maximum absolute atomic E-state index is 13.2. The Morgan fingerprint density at radius 3 is 2.83 bits per heavy atom. The normalized spacial score (nSPS) is 14.5. The molecule has 1 aromatic carbocycles. The van der Waals surface area contributed by atoms with Crippen molar-refractivity contribution in [2.75, 3.05) is 13.2 Å². The van der Waals surface area contributed by atoms with Crippen LogP contribution in [0.25, 0.3) is 11.3 Å². The van der Waals surface area contributed by atoms with Crippen LogP contribution in [0.2, 0.25) is 0 Å². The number of amides is 1. The monoisotopic (exact) mass is 417 g/mol. The van der Waals surface area contributed by atoms with Crippen molar-refractivity contribution < 1.29 is 27.9 Å². The molecular weight excluding hydrogens is 397 g/mol. The van der Waals surface area contributed by atoms with Crippen molar-refractivity contribution in [2.24, 2.45) is 7.05 Å². The number of carbonyl (C=O) groups is 1. The van der Waals surface area contributed by atoms with Crippen LogP contribution in [0.15, 0.2) is 34.9 Å². The number of hydrogen-bond acceptors (Lipinski definition) is 8. The van der Waals surface area contributed by atoms with Crippen molar-refractivity contribution in [1.29, 1.82) is 0 Å². The van der Waals surface area contributed by atoms with Gasteiger partial charge in [-0.05, 0) is 42.3 Å². The summed E-state index contributed by atoms with van der Waals surface area (Å²) < 4.78 is 35.7. The van der Waals surface area contributed by atoms with E-state index in [0.717, 1.165) is 12.8 Å². The third-order valence-electron chi connectivity index (χ3n) is 4.62. The zero-order valence-electron chi connectivity index (χ0n) is 16.2. The molecule has 1 saturated heterocycles. The maximum Gasteiger partial charge on any atom is 0.415 e. The van der Waals surface area contributed by atoms with E-state index < -0.39 is 6.09 Å². The van der Waals surface area contributed by atoms with Gasteiger partial charge in [-0.15, -0.1) is 5.10 Å². The fourth-order valence-electron chi connectivity index (χ4n) is 3.00. The first-order chi connectivity index (χ1) is 14.6. The summed E-state index contributed by atoms with van der Waals surface area (Å²) in [6.07, 6.45) is 0.836. The Balaban J connectivity index is 1.35. The minimum absolute atomic E-state index is 0.00659. The standard InChI is InChI=1S/C19H20FN5O5/c1-25-15(18(22-24-25)12-2-4-13(20)5-3-12)11-28-16-10-17(30-23-16)29-19(26)21-14-6-8-27-9-7-14/h2-5,10,14H,6-9,11H2,1H3,(H,21,26). The van der Waals surface area contributed by atoms with Crippen molar-refractivity contribution in [3.05, 3.63) is 41.8 Å². The second-order valence-corrected chi connectivity index (χ2v) is 6.71. The van der Waals surface area contributed by atoms with Gasteiger partial charge in [0.15, 0.2) is 0 Å². The Labute approximate surface area is 170 Å². The van der Waals surface area contributed by atoms with Gasteiger partial charge in [-0.2, -0.15) is 0 Å². The second-order valence-electron chi connectivity index (χ2n) is 6.71. The minimum atomic E-state index is -0.626. The number of rotatable bonds is 6. The summed E-state index contributed by atoms with van der Waals surface area (Å²) in [7, 11) is 1.72. The number of carbonyl (C=O) groups excluding carboxylic acids is 1. The average molecular weight is 417 g/mol. The van der Waals surface area contributed by atoms with E-state index in [0.29, 0.717) is 30.2 Å². The van der Waals surface area contributed by atoms with Crippen molar-refractivity contribution in [3.8, 4) is 23.1 Å². The molecule has 0 atom stereocenters. The molecule has 11 heteroatoms. The smallest absolute Gasteiger partial charge is 0.415 e. The first-order valence-corrected chi connectivity index (χ1v) is 9.38. The number of nitrogens with zero attached hydrogens (tertiary/aromatic N) is 4. The maximum atomic E-state index is 13.2. The SMILES string of the molecule is Cn1nnc(-c2ccc(F)cc2)c1COc1cc(OC(=O)NC2CCOCC2)on1. The van der Waals surface area contributed by atoms with E-state index in [4.69, 9.17) is 18.7 Å². The topological polar surface area (TPSA) is 114 Å². The van der Waals surface area contributed by atoms with E-state index in [-0.39, 0.29) is 30.3 Å². The first-order valence-electron chi connectivity index (χ1n) is 9.38. The third kappa shape index (κ3) is 4.74. The van der Waals surface area contributed by atoms with E-state index in [1.54, 1.807) is 23.9 Å². The van der Waals surface area contributed by atoms with Gasteiger partial charge >= 0.3 is 12.0 Å². The lowest BCUT2D eigenvalue weighted by molar-refractivity contribution is 0.0770. The summed E-state index contributed by atoms with van der Waals surface area (Å²) in [6, 6.07) is 7.30. The Bertz CT molecular complexity index is 997. The number of aromatic nitrogens is 4. The molecule has 3 aromatic rings. The van der Waals surface area contributed by atoms with E-state index in [2.05, 4.69) is 20.8 Å². The first kappa shape index (κ1) is 19.8. The van der Waals surface area contributed by atoms with Gasteiger partial charge in [0.1, 0.15) is 23.8 Å². The van der Waals surface area contributed by atoms with E-state index in [1.165, 1.54) is 18.2 Å². The van der Waals surface area contributed by atoms with Crippen molar-refractivity contribution >= 4 is 6.09 Å². The summed E-state index contributed by atoms with van der Waals surface area (Å²) >= 11 is 0. The Hall–Kier alpha value is -3.47. The highest BCUT2D eigenvalue weighted by atomic mass is 19.1. The predicted octanol–water partition coefficient (Wildman–Crippen LogP) is 2.46. The van der Waals surface area contributed by atoms with Gasteiger partial charge in [-0.1, -0.05) is 5.21 Å². The van der Waals surface area contributed by atoms with Crippen molar-refractivity contribution in [1.82, 2.24) is 25.5 Å². The molecule has 30 heavy (non-hydrogen) atoms. The largest absolute Gasteiger partial charge is 0.469 e. The lowest BCUT2D eigenvalue weighted by Crippen LogP contribution is -2.40. The van der Waals surface area contributed by atoms with E-state index in [1.807, 2.05) is 0 Å². The molecule has 10 nitrogen and oxygen atoms in total. The number of benzene rings is 1. The predicted molar refractivity (Wildman–Crippen MR) is 100 cm³/mol. The molecular formula is C19H20FN5O5. The molecule has 1 aliphatic heterocycles. The van der Waals surface area contributed by atoms with Crippen LogP contribution in [0.1, 0.15) is 18.5 Å². The Kier molecular flexibility index (Phi) is 5.89. The molecule has 0 aliphatic carbocycles. The number of ether oxygens (including phenoxy) is 3. The molecule has 0 bridgehead atoms. The van der Waals surface area contributed by atoms with Gasteiger partial charge in [0.05, 0.1) is 6.07 Å². The van der Waals surface area contributed by atoms with Gasteiger partial charge in [0, 0.05) is 31.9 Å². The lowest BCUT2D eigenvalue weighted by Gasteiger charge is -2.22. The Morgan fingerprint density at radius 2 is 2.07 bits per heavy atom. The molecule has 0 spiro atoms. The quantitative estimate of drug-likeness (QED) is 0.651. The number of nitrogens with one attached hydrogen (secondary N) is 1. The average Bonchev–Trinajstić information content (AvgIpc) is 3.34. The van der Waals surface area contributed by atoms with Crippen LogP contribution in [0, 0.1) is 5.82 Å². The van der Waals surface area contributed by atoms with Crippen LogP contribution in [-0.4, -0.2) is 45.5 Å². The molecule has 1 fully saturated rings. The summed E-state index contributed by atoms with van der Waals surface area (Å²) in [5, 5.41) is 14.6. The molecule has 3 heterocycles. The lowest BCUT2D eigenvalue weighted by atomic mass is 10.1. The number of halogens is 1. The summed E-state index contributed by atoms with van der Waals surface area (Å²) in [6.45, 7) is 1.29. The molecule has 0 radical (unpaired) electrons. The molecule has 4 rings (SSSR count). The molecule has 1 N–H and O–H groups in total. The van der Waals surface area contributed by atoms with Gasteiger partial charge in [0.2, 0.25) is 0 Å². The zero-order chi connectivity index (χ0) is 20.9. The van der Waals surface area contributed by atoms with Gasteiger partial charge in [-0.3, -0.25) is 0 Å². The summed E-state index contributed by atoms with van der Waals surface area (Å²) in [5.74, 6) is -0.289. The molecule has 2 aromatic heterocycles. The van der Waals surface area contributed by atoms with Gasteiger partial charge in [-0.25, -0.2) is 13.9 Å². The van der Waals surface area contributed by atoms with E-state index in [9.17, 15) is 9.18 Å². The highest BCUT2D eigenvalue weighted by molar-refractivity contribution is 5.70. The molecule has 158 valence electrons. The highest BCUT2D eigenvalue weighted by Crippen LogP contribution is 2.24. The zero-order valence-corrected chi connectivity index (χ0v) is 16.2.